The van der Waals surface area contributed by atoms with E-state index in [9.17, 15) is 8.78 Å². The number of nitrogens with two attached hydrogens (primary N) is 1. The molecule has 19 heavy (non-hydrogen) atoms. The summed E-state index contributed by atoms with van der Waals surface area (Å²) in [5.41, 5.74) is 5.60. The number of halogens is 3. The number of aliphatic hydroxyl groups is 1. The highest BCUT2D eigenvalue weighted by atomic mass is 35.5. The minimum Gasteiger partial charge on any atom is -0.493 e. The lowest BCUT2D eigenvalue weighted by atomic mass is 10.0. The molecule has 0 spiro atoms. The average Bonchev–Trinajstić information content (AvgIpc) is 2.38. The van der Waals surface area contributed by atoms with Gasteiger partial charge in [0.2, 0.25) is 0 Å². The van der Waals surface area contributed by atoms with Crippen LogP contribution in [0, 0.1) is 0 Å². The lowest BCUT2D eigenvalue weighted by Crippen LogP contribution is -2.36. The quantitative estimate of drug-likeness (QED) is 0.844. The minimum absolute atomic E-state index is 0. The van der Waals surface area contributed by atoms with Gasteiger partial charge in [0.1, 0.15) is 6.61 Å². The molecular formula is C12H18ClF2NO3. The molecule has 0 aromatic heterocycles. The van der Waals surface area contributed by atoms with Crippen LogP contribution in [-0.4, -0.2) is 31.4 Å². The summed E-state index contributed by atoms with van der Waals surface area (Å²) in [7, 11) is 1.41. The molecule has 3 N–H and O–H groups in total. The van der Waals surface area contributed by atoms with Gasteiger partial charge < -0.3 is 20.3 Å². The number of methoxy groups -OCH3 is 1. The molecule has 0 unspecified atom stereocenters. The lowest BCUT2D eigenvalue weighted by Gasteiger charge is -2.22. The summed E-state index contributed by atoms with van der Waals surface area (Å²) in [6.07, 6.45) is 0. The molecule has 0 aliphatic carbocycles. The van der Waals surface area contributed by atoms with Crippen LogP contribution in [0.15, 0.2) is 18.2 Å². The second-order valence-electron chi connectivity index (χ2n) is 3.74. The number of rotatable bonds is 6. The summed E-state index contributed by atoms with van der Waals surface area (Å²) in [5, 5.41) is 8.61. The SMILES string of the molecule is CCOc1ccc([C@@H](N)C(F)(F)CO)cc1OC.Cl. The van der Waals surface area contributed by atoms with Gasteiger partial charge in [0.15, 0.2) is 11.5 Å². The van der Waals surface area contributed by atoms with Crippen molar-refractivity contribution < 1.29 is 23.4 Å². The first-order valence-electron chi connectivity index (χ1n) is 5.51. The van der Waals surface area contributed by atoms with Crippen molar-refractivity contribution in [1.82, 2.24) is 0 Å². The normalized spacial score (nSPS) is 12.5. The van der Waals surface area contributed by atoms with Crippen LogP contribution in [0.5, 0.6) is 11.5 Å². The summed E-state index contributed by atoms with van der Waals surface area (Å²) in [6, 6.07) is 2.75. The van der Waals surface area contributed by atoms with E-state index in [0.29, 0.717) is 18.1 Å². The van der Waals surface area contributed by atoms with Crippen molar-refractivity contribution in [3.05, 3.63) is 23.8 Å². The third kappa shape index (κ3) is 4.19. The predicted molar refractivity (Wildman–Crippen MR) is 70.4 cm³/mol. The Morgan fingerprint density at radius 3 is 2.47 bits per heavy atom. The van der Waals surface area contributed by atoms with Crippen LogP contribution >= 0.6 is 12.4 Å². The zero-order chi connectivity index (χ0) is 13.8. The summed E-state index contributed by atoms with van der Waals surface area (Å²) in [4.78, 5) is 0. The van der Waals surface area contributed by atoms with Crippen molar-refractivity contribution in [2.24, 2.45) is 5.73 Å². The molecule has 0 saturated carbocycles. The maximum atomic E-state index is 13.3. The van der Waals surface area contributed by atoms with Crippen molar-refractivity contribution >= 4 is 12.4 Å². The van der Waals surface area contributed by atoms with E-state index in [1.807, 2.05) is 0 Å². The zero-order valence-electron chi connectivity index (χ0n) is 10.7. The molecule has 0 aliphatic rings. The van der Waals surface area contributed by atoms with E-state index in [0.717, 1.165) is 0 Å². The predicted octanol–water partition coefficient (Wildman–Crippen LogP) is 2.14. The molecule has 1 aromatic rings. The largest absolute Gasteiger partial charge is 0.493 e. The van der Waals surface area contributed by atoms with E-state index in [1.165, 1.54) is 25.3 Å². The Morgan fingerprint density at radius 2 is 2.00 bits per heavy atom. The number of aliphatic hydroxyl groups excluding tert-OH is 1. The molecule has 110 valence electrons. The van der Waals surface area contributed by atoms with Crippen LogP contribution in [-0.2, 0) is 0 Å². The smallest absolute Gasteiger partial charge is 0.289 e. The minimum atomic E-state index is -3.38. The van der Waals surface area contributed by atoms with Crippen LogP contribution < -0.4 is 15.2 Å². The van der Waals surface area contributed by atoms with Crippen molar-refractivity contribution in [1.29, 1.82) is 0 Å². The third-order valence-electron chi connectivity index (χ3n) is 2.51. The summed E-state index contributed by atoms with van der Waals surface area (Å²) in [6.45, 7) is 0.942. The second-order valence-corrected chi connectivity index (χ2v) is 3.74. The van der Waals surface area contributed by atoms with E-state index in [-0.39, 0.29) is 18.0 Å². The Labute approximate surface area is 116 Å². The van der Waals surface area contributed by atoms with Gasteiger partial charge in [-0.3, -0.25) is 0 Å². The fraction of sp³-hybridized carbons (Fsp3) is 0.500. The molecule has 0 heterocycles. The Kier molecular flexibility index (Phi) is 7.04. The molecule has 7 heteroatoms. The molecule has 0 amide bonds. The molecule has 0 aliphatic heterocycles. The molecule has 1 rings (SSSR count). The fourth-order valence-electron chi connectivity index (χ4n) is 1.49. The second kappa shape index (κ2) is 7.47. The first-order valence-corrected chi connectivity index (χ1v) is 5.51. The summed E-state index contributed by atoms with van der Waals surface area (Å²) < 4.78 is 36.9. The number of hydrogen-bond acceptors (Lipinski definition) is 4. The van der Waals surface area contributed by atoms with Crippen LogP contribution in [0.3, 0.4) is 0 Å². The molecule has 0 saturated heterocycles. The molecular weight excluding hydrogens is 280 g/mol. The van der Waals surface area contributed by atoms with Gasteiger partial charge >= 0.3 is 0 Å². The van der Waals surface area contributed by atoms with Crippen molar-refractivity contribution in [3.63, 3.8) is 0 Å². The molecule has 4 nitrogen and oxygen atoms in total. The molecule has 1 atom stereocenters. The zero-order valence-corrected chi connectivity index (χ0v) is 11.5. The maximum Gasteiger partial charge on any atom is 0.289 e. The highest BCUT2D eigenvalue weighted by Crippen LogP contribution is 2.34. The van der Waals surface area contributed by atoms with Crippen LogP contribution in [0.1, 0.15) is 18.5 Å². The number of alkyl halides is 2. The van der Waals surface area contributed by atoms with Gasteiger partial charge in [-0.1, -0.05) is 6.07 Å². The monoisotopic (exact) mass is 297 g/mol. The number of ether oxygens (including phenoxy) is 2. The Bertz CT molecular complexity index is 405. The van der Waals surface area contributed by atoms with Gasteiger partial charge in [-0.15, -0.1) is 12.4 Å². The highest BCUT2D eigenvalue weighted by molar-refractivity contribution is 5.85. The van der Waals surface area contributed by atoms with E-state index >= 15 is 0 Å². The van der Waals surface area contributed by atoms with Crippen LogP contribution in [0.25, 0.3) is 0 Å². The number of hydrogen-bond donors (Lipinski definition) is 2. The standard InChI is InChI=1S/C12H17F2NO3.ClH/c1-3-18-9-5-4-8(6-10(9)17-2)11(15)12(13,14)7-16;/h4-6,11,16H,3,7,15H2,1-2H3;1H/t11-;/m1./s1. The van der Waals surface area contributed by atoms with E-state index in [2.05, 4.69) is 0 Å². The fourth-order valence-corrected chi connectivity index (χ4v) is 1.49. The number of benzene rings is 1. The van der Waals surface area contributed by atoms with E-state index in [4.69, 9.17) is 20.3 Å². The Balaban J connectivity index is 0.00000324. The van der Waals surface area contributed by atoms with Crippen LogP contribution in [0.2, 0.25) is 0 Å². The highest BCUT2D eigenvalue weighted by Gasteiger charge is 2.37. The van der Waals surface area contributed by atoms with Gasteiger partial charge in [0.05, 0.1) is 19.8 Å². The van der Waals surface area contributed by atoms with E-state index < -0.39 is 18.6 Å². The summed E-state index contributed by atoms with van der Waals surface area (Å²) >= 11 is 0. The first-order chi connectivity index (χ1) is 8.46. The first kappa shape index (κ1) is 17.9. The average molecular weight is 298 g/mol. The Morgan fingerprint density at radius 1 is 1.37 bits per heavy atom. The van der Waals surface area contributed by atoms with Gasteiger partial charge in [0, 0.05) is 0 Å². The summed E-state index contributed by atoms with van der Waals surface area (Å²) in [5.74, 6) is -2.58. The maximum absolute atomic E-state index is 13.3. The Hall–Kier alpha value is -1.11. The van der Waals surface area contributed by atoms with Gasteiger partial charge in [-0.05, 0) is 24.6 Å². The van der Waals surface area contributed by atoms with Crippen molar-refractivity contribution in [3.8, 4) is 11.5 Å². The third-order valence-corrected chi connectivity index (χ3v) is 2.51. The van der Waals surface area contributed by atoms with E-state index in [1.54, 1.807) is 6.92 Å². The molecule has 1 aromatic carbocycles. The molecule has 0 fully saturated rings. The van der Waals surface area contributed by atoms with Gasteiger partial charge in [-0.25, -0.2) is 8.78 Å². The van der Waals surface area contributed by atoms with Crippen molar-refractivity contribution in [2.75, 3.05) is 20.3 Å². The molecule has 0 radical (unpaired) electrons. The van der Waals surface area contributed by atoms with Crippen molar-refractivity contribution in [2.45, 2.75) is 18.9 Å². The molecule has 0 bridgehead atoms. The van der Waals surface area contributed by atoms with Gasteiger partial charge in [0.25, 0.3) is 5.92 Å². The van der Waals surface area contributed by atoms with Crippen LogP contribution in [0.4, 0.5) is 8.78 Å². The van der Waals surface area contributed by atoms with Gasteiger partial charge in [-0.2, -0.15) is 0 Å². The lowest BCUT2D eigenvalue weighted by molar-refractivity contribution is -0.0712. The topological polar surface area (TPSA) is 64.7 Å².